The molecule has 2 aromatic rings. The van der Waals surface area contributed by atoms with Crippen LogP contribution in [0.15, 0.2) is 34.8 Å². The van der Waals surface area contributed by atoms with Crippen LogP contribution in [0.25, 0.3) is 0 Å². The number of halogens is 1. The predicted octanol–water partition coefficient (Wildman–Crippen LogP) is 4.00. The van der Waals surface area contributed by atoms with Gasteiger partial charge in [-0.3, -0.25) is 4.98 Å². The molecule has 1 aromatic carbocycles. The first-order valence-corrected chi connectivity index (χ1v) is 6.97. The number of ether oxygens (including phenoxy) is 1. The summed E-state index contributed by atoms with van der Waals surface area (Å²) in [5.41, 5.74) is 2.64. The summed E-state index contributed by atoms with van der Waals surface area (Å²) < 4.78 is 6.81. The maximum atomic E-state index is 9.38. The van der Waals surface area contributed by atoms with Crippen LogP contribution in [0.1, 0.15) is 23.9 Å². The van der Waals surface area contributed by atoms with Crippen molar-refractivity contribution < 1.29 is 9.84 Å². The Kier molecular flexibility index (Phi) is 4.56. The first-order valence-electron chi connectivity index (χ1n) is 6.17. The van der Waals surface area contributed by atoms with Gasteiger partial charge in [-0.25, -0.2) is 0 Å². The van der Waals surface area contributed by atoms with Crippen LogP contribution >= 0.6 is 15.9 Å². The van der Waals surface area contributed by atoms with Crippen molar-refractivity contribution in [2.24, 2.45) is 0 Å². The molecule has 4 heteroatoms. The van der Waals surface area contributed by atoms with Crippen molar-refractivity contribution in [3.05, 3.63) is 51.8 Å². The van der Waals surface area contributed by atoms with Crippen LogP contribution in [0.2, 0.25) is 0 Å². The number of hydrogen-bond donors (Lipinski definition) is 1. The second-order valence-electron chi connectivity index (χ2n) is 4.26. The van der Waals surface area contributed by atoms with Crippen LogP contribution < -0.4 is 4.74 Å². The van der Waals surface area contributed by atoms with E-state index in [-0.39, 0.29) is 6.61 Å². The SMILES string of the molecule is CCc1nc(C)ccc1Oc1ccc(Br)cc1CO. The highest BCUT2D eigenvalue weighted by molar-refractivity contribution is 9.10. The molecule has 1 N–H and O–H groups in total. The molecule has 1 aromatic heterocycles. The smallest absolute Gasteiger partial charge is 0.148 e. The number of pyridine rings is 1. The van der Waals surface area contributed by atoms with E-state index >= 15 is 0 Å². The van der Waals surface area contributed by atoms with E-state index in [1.54, 1.807) is 0 Å². The first-order chi connectivity index (χ1) is 9.13. The van der Waals surface area contributed by atoms with Gasteiger partial charge in [-0.05, 0) is 43.7 Å². The topological polar surface area (TPSA) is 42.4 Å². The minimum absolute atomic E-state index is 0.0600. The lowest BCUT2D eigenvalue weighted by atomic mass is 10.2. The summed E-state index contributed by atoms with van der Waals surface area (Å²) in [5.74, 6) is 1.40. The van der Waals surface area contributed by atoms with Crippen molar-refractivity contribution >= 4 is 15.9 Å². The number of rotatable bonds is 4. The molecule has 0 aliphatic heterocycles. The number of nitrogens with zero attached hydrogens (tertiary/aromatic N) is 1. The molecule has 0 fully saturated rings. The third-order valence-corrected chi connectivity index (χ3v) is 3.31. The zero-order chi connectivity index (χ0) is 13.8. The number of hydrogen-bond acceptors (Lipinski definition) is 3. The van der Waals surface area contributed by atoms with Gasteiger partial charge < -0.3 is 9.84 Å². The van der Waals surface area contributed by atoms with Crippen LogP contribution in [-0.4, -0.2) is 10.1 Å². The standard InChI is InChI=1S/C15H16BrNO2/c1-3-13-15(6-4-10(2)17-13)19-14-7-5-12(16)8-11(14)9-18/h4-8,18H,3,9H2,1-2H3. The highest BCUT2D eigenvalue weighted by Crippen LogP contribution is 2.30. The average Bonchev–Trinajstić information content (AvgIpc) is 2.42. The van der Waals surface area contributed by atoms with E-state index in [4.69, 9.17) is 4.74 Å². The van der Waals surface area contributed by atoms with Crippen molar-refractivity contribution in [3.63, 3.8) is 0 Å². The Morgan fingerprint density at radius 1 is 1.21 bits per heavy atom. The van der Waals surface area contributed by atoms with Gasteiger partial charge in [-0.15, -0.1) is 0 Å². The third-order valence-electron chi connectivity index (χ3n) is 2.82. The second-order valence-corrected chi connectivity index (χ2v) is 5.18. The molecule has 0 atom stereocenters. The van der Waals surface area contributed by atoms with Gasteiger partial charge in [-0.1, -0.05) is 22.9 Å². The van der Waals surface area contributed by atoms with Crippen molar-refractivity contribution in [2.45, 2.75) is 26.9 Å². The largest absolute Gasteiger partial charge is 0.455 e. The van der Waals surface area contributed by atoms with Crippen LogP contribution in [0.5, 0.6) is 11.5 Å². The van der Waals surface area contributed by atoms with Crippen molar-refractivity contribution in [2.75, 3.05) is 0 Å². The number of aryl methyl sites for hydroxylation is 2. The Bertz CT molecular complexity index is 533. The van der Waals surface area contributed by atoms with E-state index in [1.165, 1.54) is 0 Å². The summed E-state index contributed by atoms with van der Waals surface area (Å²) >= 11 is 3.38. The maximum Gasteiger partial charge on any atom is 0.148 e. The number of aliphatic hydroxyl groups is 1. The van der Waals surface area contributed by atoms with Crippen molar-refractivity contribution in [1.29, 1.82) is 0 Å². The molecule has 0 unspecified atom stereocenters. The lowest BCUT2D eigenvalue weighted by molar-refractivity contribution is 0.276. The normalized spacial score (nSPS) is 10.5. The molecule has 0 aliphatic rings. The van der Waals surface area contributed by atoms with Gasteiger partial charge in [0.25, 0.3) is 0 Å². The highest BCUT2D eigenvalue weighted by atomic mass is 79.9. The summed E-state index contributed by atoms with van der Waals surface area (Å²) in [6.07, 6.45) is 0.808. The molecular weight excluding hydrogens is 306 g/mol. The van der Waals surface area contributed by atoms with Gasteiger partial charge in [0.2, 0.25) is 0 Å². The monoisotopic (exact) mass is 321 g/mol. The molecule has 0 saturated heterocycles. The molecule has 1 heterocycles. The van der Waals surface area contributed by atoms with E-state index in [1.807, 2.05) is 44.2 Å². The van der Waals surface area contributed by atoms with E-state index in [0.29, 0.717) is 5.75 Å². The Hall–Kier alpha value is -1.39. The number of aliphatic hydroxyl groups excluding tert-OH is 1. The van der Waals surface area contributed by atoms with Crippen LogP contribution in [0.3, 0.4) is 0 Å². The Labute approximate surface area is 121 Å². The molecule has 0 aliphatic carbocycles. The lowest BCUT2D eigenvalue weighted by Gasteiger charge is -2.13. The van der Waals surface area contributed by atoms with Crippen LogP contribution in [0.4, 0.5) is 0 Å². The zero-order valence-corrected chi connectivity index (χ0v) is 12.6. The fraction of sp³-hybridized carbons (Fsp3) is 0.267. The minimum atomic E-state index is -0.0600. The molecule has 0 bridgehead atoms. The Morgan fingerprint density at radius 3 is 2.63 bits per heavy atom. The molecule has 19 heavy (non-hydrogen) atoms. The number of aromatic nitrogens is 1. The summed E-state index contributed by atoms with van der Waals surface area (Å²) in [5, 5.41) is 9.38. The van der Waals surface area contributed by atoms with Gasteiger partial charge in [0, 0.05) is 15.7 Å². The number of benzene rings is 1. The Morgan fingerprint density at radius 2 is 1.95 bits per heavy atom. The van der Waals surface area contributed by atoms with E-state index in [9.17, 15) is 5.11 Å². The summed E-state index contributed by atoms with van der Waals surface area (Å²) in [7, 11) is 0. The van der Waals surface area contributed by atoms with Gasteiger partial charge in [0.05, 0.1) is 12.3 Å². The summed E-state index contributed by atoms with van der Waals surface area (Å²) in [6, 6.07) is 9.43. The minimum Gasteiger partial charge on any atom is -0.455 e. The molecule has 100 valence electrons. The average molecular weight is 322 g/mol. The van der Waals surface area contributed by atoms with Gasteiger partial charge in [0.1, 0.15) is 11.5 Å². The highest BCUT2D eigenvalue weighted by Gasteiger charge is 2.09. The Balaban J connectivity index is 2.36. The van der Waals surface area contributed by atoms with E-state index in [2.05, 4.69) is 20.9 Å². The fourth-order valence-corrected chi connectivity index (χ4v) is 2.24. The molecular formula is C15H16BrNO2. The summed E-state index contributed by atoms with van der Waals surface area (Å²) in [4.78, 5) is 4.46. The molecule has 2 rings (SSSR count). The zero-order valence-electron chi connectivity index (χ0n) is 11.0. The molecule has 0 spiro atoms. The summed E-state index contributed by atoms with van der Waals surface area (Å²) in [6.45, 7) is 3.94. The predicted molar refractivity (Wildman–Crippen MR) is 78.5 cm³/mol. The van der Waals surface area contributed by atoms with E-state index < -0.39 is 0 Å². The van der Waals surface area contributed by atoms with E-state index in [0.717, 1.165) is 33.6 Å². The fourth-order valence-electron chi connectivity index (χ4n) is 1.83. The van der Waals surface area contributed by atoms with Gasteiger partial charge in [-0.2, -0.15) is 0 Å². The molecule has 3 nitrogen and oxygen atoms in total. The van der Waals surface area contributed by atoms with Crippen molar-refractivity contribution in [3.8, 4) is 11.5 Å². The van der Waals surface area contributed by atoms with Gasteiger partial charge >= 0.3 is 0 Å². The van der Waals surface area contributed by atoms with Gasteiger partial charge in [0.15, 0.2) is 0 Å². The van der Waals surface area contributed by atoms with Crippen molar-refractivity contribution in [1.82, 2.24) is 4.98 Å². The quantitative estimate of drug-likeness (QED) is 0.925. The third kappa shape index (κ3) is 3.33. The molecule has 0 saturated carbocycles. The maximum absolute atomic E-state index is 9.38. The van der Waals surface area contributed by atoms with Crippen LogP contribution in [-0.2, 0) is 13.0 Å². The molecule has 0 radical (unpaired) electrons. The first kappa shape index (κ1) is 14.0. The lowest BCUT2D eigenvalue weighted by Crippen LogP contribution is -1.98. The second kappa shape index (κ2) is 6.17. The van der Waals surface area contributed by atoms with Crippen LogP contribution in [0, 0.1) is 6.92 Å². The molecule has 0 amide bonds.